The van der Waals surface area contributed by atoms with Gasteiger partial charge < -0.3 is 21.1 Å². The highest BCUT2D eigenvalue weighted by molar-refractivity contribution is 5.91. The molecule has 132 valence electrons. The molecule has 0 aliphatic carbocycles. The van der Waals surface area contributed by atoms with Crippen LogP contribution in [0.1, 0.15) is 46.0 Å². The van der Waals surface area contributed by atoms with Gasteiger partial charge in [-0.3, -0.25) is 19.2 Å². The van der Waals surface area contributed by atoms with Crippen LogP contribution in [0.4, 0.5) is 0 Å². The van der Waals surface area contributed by atoms with Crippen molar-refractivity contribution in [3.63, 3.8) is 0 Å². The van der Waals surface area contributed by atoms with Gasteiger partial charge in [-0.1, -0.05) is 19.8 Å². The number of aliphatic carboxylic acids is 1. The van der Waals surface area contributed by atoms with E-state index >= 15 is 0 Å². The first kappa shape index (κ1) is 21.0. The second-order valence-corrected chi connectivity index (χ2v) is 5.36. The van der Waals surface area contributed by atoms with Crippen molar-refractivity contribution in [3.05, 3.63) is 0 Å². The van der Waals surface area contributed by atoms with Crippen LogP contribution < -0.4 is 16.0 Å². The molecular weight excluding hydrogens is 302 g/mol. The molecule has 0 aromatic carbocycles. The Morgan fingerprint density at radius 2 is 1.74 bits per heavy atom. The molecule has 23 heavy (non-hydrogen) atoms. The molecule has 2 amide bonds. The van der Waals surface area contributed by atoms with Gasteiger partial charge in [-0.15, -0.1) is 0 Å². The first-order valence-corrected chi connectivity index (χ1v) is 7.78. The molecule has 8 nitrogen and oxygen atoms in total. The van der Waals surface area contributed by atoms with Gasteiger partial charge in [-0.05, 0) is 26.8 Å². The molecule has 0 aliphatic heterocycles. The molecule has 8 heteroatoms. The van der Waals surface area contributed by atoms with Crippen LogP contribution in [0.25, 0.3) is 0 Å². The summed E-state index contributed by atoms with van der Waals surface area (Å²) in [5.41, 5.74) is 0. The Balaban J connectivity index is 4.32. The summed E-state index contributed by atoms with van der Waals surface area (Å²) in [6.45, 7) is 3.06. The minimum atomic E-state index is -1.04. The Hall–Kier alpha value is -1.96. The summed E-state index contributed by atoms with van der Waals surface area (Å²) in [4.78, 5) is 45.6. The van der Waals surface area contributed by atoms with Crippen LogP contribution in [0.15, 0.2) is 0 Å². The van der Waals surface area contributed by atoms with Crippen molar-refractivity contribution in [3.8, 4) is 0 Å². The number of carbonyl (C=O) groups is 4. The predicted molar refractivity (Wildman–Crippen MR) is 84.9 cm³/mol. The minimum Gasteiger partial charge on any atom is -0.481 e. The van der Waals surface area contributed by atoms with Gasteiger partial charge in [0.25, 0.3) is 0 Å². The first-order valence-electron chi connectivity index (χ1n) is 7.78. The fourth-order valence-corrected chi connectivity index (χ4v) is 2.00. The van der Waals surface area contributed by atoms with Crippen LogP contribution in [0.3, 0.4) is 0 Å². The van der Waals surface area contributed by atoms with Crippen LogP contribution in [0, 0.1) is 0 Å². The van der Waals surface area contributed by atoms with Gasteiger partial charge in [0.05, 0.1) is 18.6 Å². The SMILES string of the molecule is CCCCC(NC)C(=O)NCC(=O)NC(CCC(=O)O)C(C)=O. The van der Waals surface area contributed by atoms with Crippen LogP contribution in [-0.2, 0) is 19.2 Å². The van der Waals surface area contributed by atoms with E-state index in [1.165, 1.54) is 6.92 Å². The van der Waals surface area contributed by atoms with Crippen molar-refractivity contribution in [2.75, 3.05) is 13.6 Å². The number of carboxylic acids is 1. The molecule has 4 N–H and O–H groups in total. The summed E-state index contributed by atoms with van der Waals surface area (Å²) < 4.78 is 0. The highest BCUT2D eigenvalue weighted by Crippen LogP contribution is 2.01. The molecule has 0 heterocycles. The van der Waals surface area contributed by atoms with Crippen molar-refractivity contribution in [1.82, 2.24) is 16.0 Å². The summed E-state index contributed by atoms with van der Waals surface area (Å²) in [6.07, 6.45) is 2.35. The van der Waals surface area contributed by atoms with Gasteiger partial charge in [-0.2, -0.15) is 0 Å². The number of carbonyl (C=O) groups excluding carboxylic acids is 3. The molecule has 2 unspecified atom stereocenters. The van der Waals surface area contributed by atoms with E-state index in [0.717, 1.165) is 12.8 Å². The molecule has 0 saturated carbocycles. The standard InChI is InChI=1S/C15H27N3O5/c1-4-5-6-12(16-3)15(23)17-9-13(20)18-11(10(2)19)7-8-14(21)22/h11-12,16H,4-9H2,1-3H3,(H,17,23)(H,18,20)(H,21,22). The zero-order chi connectivity index (χ0) is 17.8. The van der Waals surface area contributed by atoms with Gasteiger partial charge in [0.1, 0.15) is 0 Å². The van der Waals surface area contributed by atoms with E-state index in [1.54, 1.807) is 7.05 Å². The number of carboxylic acid groups (broad SMARTS) is 1. The third-order valence-electron chi connectivity index (χ3n) is 3.41. The average molecular weight is 329 g/mol. The normalized spacial score (nSPS) is 13.0. The van der Waals surface area contributed by atoms with E-state index < -0.39 is 17.9 Å². The summed E-state index contributed by atoms with van der Waals surface area (Å²) in [5, 5.41) is 16.5. The second kappa shape index (κ2) is 11.6. The minimum absolute atomic E-state index is 0.0278. The Bertz CT molecular complexity index is 425. The van der Waals surface area contributed by atoms with Gasteiger partial charge in [0, 0.05) is 6.42 Å². The number of hydrogen-bond donors (Lipinski definition) is 4. The van der Waals surface area contributed by atoms with Crippen molar-refractivity contribution in [2.24, 2.45) is 0 Å². The topological polar surface area (TPSA) is 125 Å². The molecule has 0 rings (SSSR count). The fraction of sp³-hybridized carbons (Fsp3) is 0.733. The molecule has 0 saturated heterocycles. The maximum Gasteiger partial charge on any atom is 0.303 e. The maximum atomic E-state index is 11.9. The van der Waals surface area contributed by atoms with Crippen molar-refractivity contribution in [2.45, 2.75) is 58.0 Å². The van der Waals surface area contributed by atoms with Gasteiger partial charge in [0.2, 0.25) is 11.8 Å². The van der Waals surface area contributed by atoms with E-state index in [1.807, 2.05) is 6.92 Å². The van der Waals surface area contributed by atoms with E-state index in [4.69, 9.17) is 5.11 Å². The van der Waals surface area contributed by atoms with Crippen LogP contribution in [0.2, 0.25) is 0 Å². The number of likely N-dealkylation sites (N-methyl/N-ethyl adjacent to an activating group) is 1. The summed E-state index contributed by atoms with van der Waals surface area (Å²) in [6, 6.07) is -1.21. The van der Waals surface area contributed by atoms with E-state index in [2.05, 4.69) is 16.0 Å². The summed E-state index contributed by atoms with van der Waals surface area (Å²) >= 11 is 0. The van der Waals surface area contributed by atoms with E-state index in [-0.39, 0.29) is 37.1 Å². The van der Waals surface area contributed by atoms with Crippen LogP contribution >= 0.6 is 0 Å². The predicted octanol–water partition coefficient (Wildman–Crippen LogP) is -0.181. The Labute approximate surface area is 136 Å². The molecule has 0 aliphatic rings. The number of nitrogens with one attached hydrogen (secondary N) is 3. The highest BCUT2D eigenvalue weighted by Gasteiger charge is 2.20. The zero-order valence-corrected chi connectivity index (χ0v) is 14.0. The number of hydrogen-bond acceptors (Lipinski definition) is 5. The smallest absolute Gasteiger partial charge is 0.303 e. The van der Waals surface area contributed by atoms with Crippen LogP contribution in [0.5, 0.6) is 0 Å². The lowest BCUT2D eigenvalue weighted by Gasteiger charge is -2.17. The third kappa shape index (κ3) is 9.62. The second-order valence-electron chi connectivity index (χ2n) is 5.36. The van der Waals surface area contributed by atoms with Crippen molar-refractivity contribution < 1.29 is 24.3 Å². The van der Waals surface area contributed by atoms with Crippen molar-refractivity contribution in [1.29, 1.82) is 0 Å². The molecule has 0 aromatic heterocycles. The van der Waals surface area contributed by atoms with Gasteiger partial charge in [0.15, 0.2) is 5.78 Å². The summed E-state index contributed by atoms with van der Waals surface area (Å²) in [5.74, 6) is -2.15. The van der Waals surface area contributed by atoms with E-state index in [9.17, 15) is 19.2 Å². The van der Waals surface area contributed by atoms with Crippen molar-refractivity contribution >= 4 is 23.6 Å². The fourth-order valence-electron chi connectivity index (χ4n) is 2.00. The molecule has 0 bridgehead atoms. The molecule has 0 fully saturated rings. The molecule has 2 atom stereocenters. The zero-order valence-electron chi connectivity index (χ0n) is 14.0. The highest BCUT2D eigenvalue weighted by atomic mass is 16.4. The molecule has 0 spiro atoms. The molecule has 0 radical (unpaired) electrons. The lowest BCUT2D eigenvalue weighted by molar-refractivity contribution is -0.137. The van der Waals surface area contributed by atoms with E-state index in [0.29, 0.717) is 6.42 Å². The Kier molecular flexibility index (Phi) is 10.6. The quantitative estimate of drug-likeness (QED) is 0.394. The molecular formula is C15H27N3O5. The monoisotopic (exact) mass is 329 g/mol. The van der Waals surface area contributed by atoms with Crippen LogP contribution in [-0.4, -0.2) is 54.3 Å². The lowest BCUT2D eigenvalue weighted by Crippen LogP contribution is -2.48. The maximum absolute atomic E-state index is 11.9. The molecule has 0 aromatic rings. The third-order valence-corrected chi connectivity index (χ3v) is 3.41. The van der Waals surface area contributed by atoms with Gasteiger partial charge in [-0.25, -0.2) is 0 Å². The number of amides is 2. The summed E-state index contributed by atoms with van der Waals surface area (Å²) in [7, 11) is 1.68. The number of ketones is 1. The number of rotatable bonds is 12. The Morgan fingerprint density at radius 3 is 2.22 bits per heavy atom. The largest absolute Gasteiger partial charge is 0.481 e. The first-order chi connectivity index (χ1) is 10.8. The Morgan fingerprint density at radius 1 is 1.09 bits per heavy atom. The lowest BCUT2D eigenvalue weighted by atomic mass is 10.1. The van der Waals surface area contributed by atoms with Gasteiger partial charge >= 0.3 is 5.97 Å². The average Bonchev–Trinajstić information content (AvgIpc) is 2.49. The number of unbranched alkanes of at least 4 members (excludes halogenated alkanes) is 1. The number of Topliss-reactive ketones (excluding diaryl/α,β-unsaturated/α-hetero) is 1.